The zero-order valence-corrected chi connectivity index (χ0v) is 17.1. The van der Waals surface area contributed by atoms with Crippen molar-refractivity contribution in [3.8, 4) is 16.9 Å². The van der Waals surface area contributed by atoms with E-state index >= 15 is 0 Å². The molecule has 2 heterocycles. The highest BCUT2D eigenvalue weighted by atomic mass is 79.9. The van der Waals surface area contributed by atoms with Crippen LogP contribution < -0.4 is 4.74 Å². The summed E-state index contributed by atoms with van der Waals surface area (Å²) in [5.41, 5.74) is 4.97. The predicted molar refractivity (Wildman–Crippen MR) is 109 cm³/mol. The van der Waals surface area contributed by atoms with Crippen molar-refractivity contribution in [2.24, 2.45) is 0 Å². The molecule has 6 heteroatoms. The van der Waals surface area contributed by atoms with E-state index in [4.69, 9.17) is 14.2 Å². The van der Waals surface area contributed by atoms with E-state index in [9.17, 15) is 0 Å². The van der Waals surface area contributed by atoms with E-state index in [0.717, 1.165) is 56.2 Å². The lowest BCUT2D eigenvalue weighted by Crippen LogP contribution is -2.09. The number of imidazole rings is 1. The van der Waals surface area contributed by atoms with Crippen LogP contribution in [0.2, 0.25) is 0 Å². The van der Waals surface area contributed by atoms with E-state index in [1.807, 2.05) is 51.1 Å². The molecule has 0 fully saturated rings. The summed E-state index contributed by atoms with van der Waals surface area (Å²) in [6, 6.07) is 14.0. The van der Waals surface area contributed by atoms with Crippen molar-refractivity contribution in [3.05, 3.63) is 64.2 Å². The molecule has 0 spiro atoms. The summed E-state index contributed by atoms with van der Waals surface area (Å²) in [5.74, 6) is 2.64. The Hall–Kier alpha value is -2.60. The summed E-state index contributed by atoms with van der Waals surface area (Å²) in [6.45, 7) is 7.20. The van der Waals surface area contributed by atoms with Gasteiger partial charge in [0.15, 0.2) is 0 Å². The molecule has 0 atom stereocenters. The summed E-state index contributed by atoms with van der Waals surface area (Å²) in [5, 5.41) is 4.06. The molecule has 4 aromatic rings. The third-order valence-corrected chi connectivity index (χ3v) is 5.24. The van der Waals surface area contributed by atoms with E-state index in [2.05, 4.69) is 37.8 Å². The van der Waals surface area contributed by atoms with Gasteiger partial charge in [0.1, 0.15) is 23.9 Å². The SMILES string of the molecule is Cc1noc(C)c1-c1cc(Br)c2c(c1)nc(C)n2CCOc1ccccc1. The van der Waals surface area contributed by atoms with E-state index < -0.39 is 0 Å². The molecule has 4 rings (SSSR count). The van der Waals surface area contributed by atoms with Crippen LogP contribution in [-0.2, 0) is 6.54 Å². The molecule has 0 bridgehead atoms. The Labute approximate surface area is 166 Å². The number of rotatable bonds is 5. The molecule has 138 valence electrons. The first-order chi connectivity index (χ1) is 13.0. The molecule has 0 radical (unpaired) electrons. The molecular formula is C21H20BrN3O2. The fourth-order valence-corrected chi connectivity index (χ4v) is 4.08. The van der Waals surface area contributed by atoms with Gasteiger partial charge in [0, 0.05) is 10.0 Å². The first kappa shape index (κ1) is 17.8. The normalized spacial score (nSPS) is 11.3. The second kappa shape index (κ2) is 7.19. The lowest BCUT2D eigenvalue weighted by molar-refractivity contribution is 0.299. The fraction of sp³-hybridized carbons (Fsp3) is 0.238. The van der Waals surface area contributed by atoms with Gasteiger partial charge in [-0.1, -0.05) is 23.4 Å². The summed E-state index contributed by atoms with van der Waals surface area (Å²) in [4.78, 5) is 4.76. The van der Waals surface area contributed by atoms with Crippen LogP contribution in [0.3, 0.4) is 0 Å². The number of benzene rings is 2. The van der Waals surface area contributed by atoms with Gasteiger partial charge in [-0.3, -0.25) is 0 Å². The van der Waals surface area contributed by atoms with Crippen molar-refractivity contribution in [1.29, 1.82) is 0 Å². The number of hydrogen-bond donors (Lipinski definition) is 0. The van der Waals surface area contributed by atoms with Gasteiger partial charge in [0.2, 0.25) is 0 Å². The largest absolute Gasteiger partial charge is 0.492 e. The lowest BCUT2D eigenvalue weighted by atomic mass is 10.0. The van der Waals surface area contributed by atoms with E-state index in [1.54, 1.807) is 0 Å². The smallest absolute Gasteiger partial charge is 0.141 e. The first-order valence-electron chi connectivity index (χ1n) is 8.82. The molecule has 0 N–H and O–H groups in total. The fourth-order valence-electron chi connectivity index (χ4n) is 3.42. The quantitative estimate of drug-likeness (QED) is 0.426. The number of hydrogen-bond acceptors (Lipinski definition) is 4. The summed E-state index contributed by atoms with van der Waals surface area (Å²) < 4.78 is 14.3. The number of para-hydroxylation sites is 1. The molecule has 0 saturated heterocycles. The van der Waals surface area contributed by atoms with Gasteiger partial charge in [0.25, 0.3) is 0 Å². The standard InChI is InChI=1S/C21H20BrN3O2/c1-13-20(14(2)27-24-13)16-11-18(22)21-19(12-16)23-15(3)25(21)9-10-26-17-7-5-4-6-8-17/h4-8,11-12H,9-10H2,1-3H3. The number of aromatic nitrogens is 3. The van der Waals surface area contributed by atoms with Crippen LogP contribution in [0.25, 0.3) is 22.2 Å². The van der Waals surface area contributed by atoms with E-state index in [0.29, 0.717) is 6.61 Å². The third kappa shape index (κ3) is 3.37. The average molecular weight is 426 g/mol. The molecule has 0 unspecified atom stereocenters. The van der Waals surface area contributed by atoms with Crippen LogP contribution in [0.1, 0.15) is 17.3 Å². The molecular weight excluding hydrogens is 406 g/mol. The molecule has 0 aliphatic rings. The lowest BCUT2D eigenvalue weighted by Gasteiger charge is -2.10. The number of halogens is 1. The molecule has 5 nitrogen and oxygen atoms in total. The van der Waals surface area contributed by atoms with E-state index in [1.165, 1.54) is 0 Å². The second-order valence-electron chi connectivity index (χ2n) is 6.50. The van der Waals surface area contributed by atoms with Crippen LogP contribution in [0, 0.1) is 20.8 Å². The number of ether oxygens (including phenoxy) is 1. The Balaban J connectivity index is 1.66. The van der Waals surface area contributed by atoms with Crippen LogP contribution in [0.15, 0.2) is 51.5 Å². The van der Waals surface area contributed by atoms with Gasteiger partial charge in [-0.25, -0.2) is 4.98 Å². The Bertz CT molecular complexity index is 1080. The monoisotopic (exact) mass is 425 g/mol. The zero-order chi connectivity index (χ0) is 19.0. The average Bonchev–Trinajstić information content (AvgIpc) is 3.15. The van der Waals surface area contributed by atoms with Crippen molar-refractivity contribution in [2.75, 3.05) is 6.61 Å². The van der Waals surface area contributed by atoms with Crippen LogP contribution in [0.5, 0.6) is 5.75 Å². The molecule has 2 aromatic carbocycles. The Morgan fingerprint density at radius 1 is 1.11 bits per heavy atom. The Morgan fingerprint density at radius 3 is 2.59 bits per heavy atom. The Morgan fingerprint density at radius 2 is 1.89 bits per heavy atom. The molecule has 0 saturated carbocycles. The van der Waals surface area contributed by atoms with Crippen molar-refractivity contribution < 1.29 is 9.26 Å². The maximum atomic E-state index is 5.85. The van der Waals surface area contributed by atoms with Gasteiger partial charge in [-0.05, 0) is 66.5 Å². The van der Waals surface area contributed by atoms with Gasteiger partial charge in [0.05, 0.1) is 23.3 Å². The number of fused-ring (bicyclic) bond motifs is 1. The summed E-state index contributed by atoms with van der Waals surface area (Å²) >= 11 is 3.73. The van der Waals surface area contributed by atoms with Crippen molar-refractivity contribution in [2.45, 2.75) is 27.3 Å². The maximum absolute atomic E-state index is 5.85. The minimum absolute atomic E-state index is 0.578. The third-order valence-electron chi connectivity index (χ3n) is 4.63. The molecule has 27 heavy (non-hydrogen) atoms. The van der Waals surface area contributed by atoms with Crippen molar-refractivity contribution >= 4 is 27.0 Å². The molecule has 0 amide bonds. The summed E-state index contributed by atoms with van der Waals surface area (Å²) in [6.07, 6.45) is 0. The highest BCUT2D eigenvalue weighted by Gasteiger charge is 2.17. The highest BCUT2D eigenvalue weighted by molar-refractivity contribution is 9.10. The predicted octanol–water partition coefficient (Wildman–Crippen LogP) is 5.46. The molecule has 0 aliphatic heterocycles. The van der Waals surface area contributed by atoms with Gasteiger partial charge in [-0.15, -0.1) is 0 Å². The highest BCUT2D eigenvalue weighted by Crippen LogP contribution is 2.34. The number of aryl methyl sites for hydroxylation is 3. The van der Waals surface area contributed by atoms with Gasteiger partial charge in [-0.2, -0.15) is 0 Å². The van der Waals surface area contributed by atoms with Gasteiger partial charge < -0.3 is 13.8 Å². The van der Waals surface area contributed by atoms with E-state index in [-0.39, 0.29) is 0 Å². The van der Waals surface area contributed by atoms with Gasteiger partial charge >= 0.3 is 0 Å². The topological polar surface area (TPSA) is 53.1 Å². The van der Waals surface area contributed by atoms with Crippen molar-refractivity contribution in [3.63, 3.8) is 0 Å². The van der Waals surface area contributed by atoms with Crippen molar-refractivity contribution in [1.82, 2.24) is 14.7 Å². The molecule has 0 aliphatic carbocycles. The Kier molecular flexibility index (Phi) is 4.74. The summed E-state index contributed by atoms with van der Waals surface area (Å²) in [7, 11) is 0. The maximum Gasteiger partial charge on any atom is 0.141 e. The minimum atomic E-state index is 0.578. The first-order valence-corrected chi connectivity index (χ1v) is 9.61. The van der Waals surface area contributed by atoms with Crippen LogP contribution in [-0.4, -0.2) is 21.3 Å². The minimum Gasteiger partial charge on any atom is -0.492 e. The number of nitrogens with zero attached hydrogens (tertiary/aromatic N) is 3. The van der Waals surface area contributed by atoms with Crippen LogP contribution in [0.4, 0.5) is 0 Å². The second-order valence-corrected chi connectivity index (χ2v) is 7.35. The van der Waals surface area contributed by atoms with Crippen LogP contribution >= 0.6 is 15.9 Å². The molecule has 2 aromatic heterocycles. The zero-order valence-electron chi connectivity index (χ0n) is 15.5.